The zero-order valence-electron chi connectivity index (χ0n) is 18.7. The first-order valence-corrected chi connectivity index (χ1v) is 10.9. The number of nitriles is 1. The highest BCUT2D eigenvalue weighted by Crippen LogP contribution is 2.30. The Labute approximate surface area is 193 Å². The van der Waals surface area contributed by atoms with E-state index in [0.29, 0.717) is 24.4 Å². The van der Waals surface area contributed by atoms with Crippen LogP contribution < -0.4 is 10.1 Å². The van der Waals surface area contributed by atoms with E-state index >= 15 is 0 Å². The van der Waals surface area contributed by atoms with Crippen molar-refractivity contribution in [3.63, 3.8) is 0 Å². The van der Waals surface area contributed by atoms with Crippen LogP contribution in [0.15, 0.2) is 60.3 Å². The van der Waals surface area contributed by atoms with Gasteiger partial charge in [0.25, 0.3) is 5.91 Å². The van der Waals surface area contributed by atoms with Gasteiger partial charge in [0, 0.05) is 30.5 Å². The lowest BCUT2D eigenvalue weighted by atomic mass is 10.0. The normalized spacial score (nSPS) is 15.8. The van der Waals surface area contributed by atoms with E-state index in [-0.39, 0.29) is 11.7 Å². The van der Waals surface area contributed by atoms with Gasteiger partial charge in [0.2, 0.25) is 0 Å². The molecule has 33 heavy (non-hydrogen) atoms. The molecule has 1 amide bonds. The van der Waals surface area contributed by atoms with Gasteiger partial charge in [0.05, 0.1) is 18.9 Å². The molecular weight excluding hydrogens is 416 g/mol. The van der Waals surface area contributed by atoms with Crippen LogP contribution in [-0.2, 0) is 9.53 Å². The maximum Gasteiger partial charge on any atom is 0.262 e. The Morgan fingerprint density at radius 1 is 1.33 bits per heavy atom. The zero-order valence-corrected chi connectivity index (χ0v) is 18.7. The lowest BCUT2D eigenvalue weighted by molar-refractivity contribution is -0.117. The van der Waals surface area contributed by atoms with E-state index in [1.54, 1.807) is 17.9 Å². The summed E-state index contributed by atoms with van der Waals surface area (Å²) in [6.07, 6.45) is 5.34. The van der Waals surface area contributed by atoms with E-state index in [2.05, 4.69) is 5.32 Å². The Bertz CT molecular complexity index is 1200. The van der Waals surface area contributed by atoms with E-state index in [1.807, 2.05) is 67.7 Å². The first kappa shape index (κ1) is 22.3. The predicted octanol–water partition coefficient (Wildman–Crippen LogP) is 4.06. The number of hydrogen-bond donors (Lipinski definition) is 1. The number of carbonyl (C=O) groups is 1. The molecule has 1 aromatic heterocycles. The second kappa shape index (κ2) is 10.2. The Balaban J connectivity index is 1.71. The van der Waals surface area contributed by atoms with E-state index < -0.39 is 5.91 Å². The van der Waals surface area contributed by atoms with Crippen LogP contribution >= 0.6 is 0 Å². The highest BCUT2D eigenvalue weighted by molar-refractivity contribution is 6.02. The molecule has 168 valence electrons. The number of amides is 1. The molecule has 1 N–H and O–H groups in total. The predicted molar refractivity (Wildman–Crippen MR) is 126 cm³/mol. The highest BCUT2D eigenvalue weighted by Gasteiger charge is 2.19. The van der Waals surface area contributed by atoms with Crippen LogP contribution in [0.4, 0.5) is 0 Å². The van der Waals surface area contributed by atoms with Gasteiger partial charge in [0.15, 0.2) is 0 Å². The second-order valence-corrected chi connectivity index (χ2v) is 7.91. The summed E-state index contributed by atoms with van der Waals surface area (Å²) in [5, 5.41) is 17.3. The second-order valence-electron chi connectivity index (χ2n) is 7.91. The van der Waals surface area contributed by atoms with Gasteiger partial charge in [-0.05, 0) is 61.7 Å². The third-order valence-corrected chi connectivity index (χ3v) is 5.63. The van der Waals surface area contributed by atoms with Gasteiger partial charge in [-0.1, -0.05) is 18.2 Å². The smallest absolute Gasteiger partial charge is 0.262 e. The van der Waals surface area contributed by atoms with Gasteiger partial charge >= 0.3 is 0 Å². The van der Waals surface area contributed by atoms with E-state index in [4.69, 9.17) is 14.6 Å². The topological polar surface area (TPSA) is 89.2 Å². The molecule has 7 nitrogen and oxygen atoms in total. The van der Waals surface area contributed by atoms with Crippen LogP contribution in [0.25, 0.3) is 23.0 Å². The first-order chi connectivity index (χ1) is 16.1. The van der Waals surface area contributed by atoms with Crippen molar-refractivity contribution in [3.8, 4) is 28.8 Å². The minimum Gasteiger partial charge on any atom is -0.497 e. The molecule has 2 aromatic carbocycles. The molecule has 7 heteroatoms. The molecule has 0 radical (unpaired) electrons. The molecule has 0 aliphatic carbocycles. The maximum absolute atomic E-state index is 12.7. The summed E-state index contributed by atoms with van der Waals surface area (Å²) in [4.78, 5) is 12.7. The van der Waals surface area contributed by atoms with Crippen molar-refractivity contribution in [1.82, 2.24) is 15.1 Å². The molecule has 1 saturated heterocycles. The van der Waals surface area contributed by atoms with Crippen molar-refractivity contribution in [2.75, 3.05) is 20.3 Å². The lowest BCUT2D eigenvalue weighted by Gasteiger charge is -2.10. The Hall–Kier alpha value is -3.89. The fourth-order valence-electron chi connectivity index (χ4n) is 3.86. The molecule has 3 aromatic rings. The fraction of sp³-hybridized carbons (Fsp3) is 0.269. The van der Waals surface area contributed by atoms with E-state index in [1.165, 1.54) is 0 Å². The third-order valence-electron chi connectivity index (χ3n) is 5.63. The van der Waals surface area contributed by atoms with Crippen LogP contribution in [0.2, 0.25) is 0 Å². The number of aromatic nitrogens is 2. The van der Waals surface area contributed by atoms with Crippen molar-refractivity contribution >= 4 is 12.0 Å². The summed E-state index contributed by atoms with van der Waals surface area (Å²) < 4.78 is 12.6. The van der Waals surface area contributed by atoms with Crippen LogP contribution in [-0.4, -0.2) is 42.1 Å². The monoisotopic (exact) mass is 442 g/mol. The van der Waals surface area contributed by atoms with Gasteiger partial charge < -0.3 is 14.8 Å². The summed E-state index contributed by atoms with van der Waals surface area (Å²) in [6, 6.07) is 17.5. The van der Waals surface area contributed by atoms with Crippen LogP contribution in [0.3, 0.4) is 0 Å². The summed E-state index contributed by atoms with van der Waals surface area (Å²) in [5.74, 6) is 0.333. The zero-order chi connectivity index (χ0) is 23.2. The number of hydrogen-bond acceptors (Lipinski definition) is 5. The summed E-state index contributed by atoms with van der Waals surface area (Å²) in [6.45, 7) is 3.09. The first-order valence-electron chi connectivity index (χ1n) is 10.9. The minimum absolute atomic E-state index is 0.00670. The molecule has 1 atom stereocenters. The van der Waals surface area contributed by atoms with Gasteiger partial charge in [-0.15, -0.1) is 0 Å². The van der Waals surface area contributed by atoms with Crippen molar-refractivity contribution < 1.29 is 14.3 Å². The number of ether oxygens (including phenoxy) is 2. The molecular formula is C26H26N4O3. The number of nitrogens with one attached hydrogen (secondary N) is 1. The van der Waals surface area contributed by atoms with Gasteiger partial charge in [0.1, 0.15) is 23.1 Å². The average molecular weight is 443 g/mol. The van der Waals surface area contributed by atoms with E-state index in [0.717, 1.165) is 35.4 Å². The molecule has 1 unspecified atom stereocenters. The Morgan fingerprint density at radius 2 is 2.15 bits per heavy atom. The number of aryl methyl sites for hydroxylation is 1. The van der Waals surface area contributed by atoms with Gasteiger partial charge in [-0.3, -0.25) is 4.79 Å². The van der Waals surface area contributed by atoms with Gasteiger partial charge in [-0.25, -0.2) is 4.68 Å². The molecule has 0 bridgehead atoms. The molecule has 2 heterocycles. The Morgan fingerprint density at radius 3 is 2.82 bits per heavy atom. The molecule has 0 saturated carbocycles. The number of methoxy groups -OCH3 is 1. The van der Waals surface area contributed by atoms with Gasteiger partial charge in [-0.2, -0.15) is 10.4 Å². The van der Waals surface area contributed by atoms with Crippen LogP contribution in [0.5, 0.6) is 5.75 Å². The van der Waals surface area contributed by atoms with Crippen molar-refractivity contribution in [1.29, 1.82) is 5.26 Å². The summed E-state index contributed by atoms with van der Waals surface area (Å²) in [5.41, 5.74) is 4.13. The molecule has 1 fully saturated rings. The lowest BCUT2D eigenvalue weighted by Crippen LogP contribution is -2.32. The summed E-state index contributed by atoms with van der Waals surface area (Å²) in [7, 11) is 1.63. The van der Waals surface area contributed by atoms with Crippen molar-refractivity contribution in [2.45, 2.75) is 25.9 Å². The van der Waals surface area contributed by atoms with E-state index in [9.17, 15) is 10.1 Å². The number of rotatable bonds is 7. The quantitative estimate of drug-likeness (QED) is 0.440. The molecule has 0 spiro atoms. The average Bonchev–Trinajstić information content (AvgIpc) is 3.51. The minimum atomic E-state index is -0.419. The number of nitrogens with zero attached hydrogens (tertiary/aromatic N) is 3. The standard InChI is InChI=1S/C26H26N4O3/c1-18-13-22(32-2)10-11-24(18)25-20(17-30(29-25)21-7-4-3-5-8-21)14-19(15-27)26(31)28-16-23-9-6-12-33-23/h3-5,7-8,10-11,13-14,17,23H,6,9,12,16H2,1-2H3,(H,28,31). The van der Waals surface area contributed by atoms with Crippen molar-refractivity contribution in [3.05, 3.63) is 71.4 Å². The van der Waals surface area contributed by atoms with Crippen molar-refractivity contribution in [2.24, 2.45) is 0 Å². The number of para-hydroxylation sites is 1. The largest absolute Gasteiger partial charge is 0.497 e. The maximum atomic E-state index is 12.7. The Kier molecular flexibility index (Phi) is 6.86. The number of benzene rings is 2. The van der Waals surface area contributed by atoms with Crippen LogP contribution in [0, 0.1) is 18.3 Å². The SMILES string of the molecule is COc1ccc(-c2nn(-c3ccccc3)cc2C=C(C#N)C(=O)NCC2CCCO2)c(C)c1. The third kappa shape index (κ3) is 5.13. The summed E-state index contributed by atoms with van der Waals surface area (Å²) >= 11 is 0. The van der Waals surface area contributed by atoms with Crippen LogP contribution in [0.1, 0.15) is 24.0 Å². The fourth-order valence-corrected chi connectivity index (χ4v) is 3.86. The number of carbonyl (C=O) groups excluding carboxylic acids is 1. The molecule has 1 aliphatic heterocycles. The highest BCUT2D eigenvalue weighted by atomic mass is 16.5. The molecule has 1 aliphatic rings. The molecule has 4 rings (SSSR count).